The fourth-order valence-electron chi connectivity index (χ4n) is 5.17. The van der Waals surface area contributed by atoms with Crippen LogP contribution in [0.15, 0.2) is 54.7 Å². The van der Waals surface area contributed by atoms with E-state index in [0.29, 0.717) is 29.8 Å². The van der Waals surface area contributed by atoms with Crippen LogP contribution in [0.4, 0.5) is 0 Å². The maximum Gasteiger partial charge on any atom is 0.267 e. The van der Waals surface area contributed by atoms with Gasteiger partial charge < -0.3 is 9.30 Å². The lowest BCUT2D eigenvalue weighted by molar-refractivity contribution is -0.124. The van der Waals surface area contributed by atoms with Crippen LogP contribution in [0.5, 0.6) is 5.75 Å². The quantitative estimate of drug-likeness (QED) is 0.364. The highest BCUT2D eigenvalue weighted by molar-refractivity contribution is 6.01. The van der Waals surface area contributed by atoms with Gasteiger partial charge in [-0.15, -0.1) is 0 Å². The zero-order valence-electron chi connectivity index (χ0n) is 18.6. The number of hydrogen-bond donors (Lipinski definition) is 2. The number of carbonyl (C=O) groups excluding carboxylic acids is 2. The zero-order chi connectivity index (χ0) is 23.0. The van der Waals surface area contributed by atoms with E-state index in [-0.39, 0.29) is 5.78 Å². The Bertz CT molecular complexity index is 1260. The number of amides is 1. The van der Waals surface area contributed by atoms with Gasteiger partial charge in [0.15, 0.2) is 5.78 Å². The standard InChI is InChI=1S/C26H27N3O4/c1-28-15-19(20-5-2-3-6-22(20)28)16-29-12-4-11-26(17-29)14-23(30)21-13-18(7-9-24(21)33-26)8-10-25(31)27-32/h2-3,5-10,13,15,32H,4,11-12,14,16-17H2,1H3,(H,27,31). The lowest BCUT2D eigenvalue weighted by atomic mass is 9.83. The number of benzene rings is 2. The minimum absolute atomic E-state index is 0.0603. The molecule has 1 saturated heterocycles. The lowest BCUT2D eigenvalue weighted by Crippen LogP contribution is -2.54. The first kappa shape index (κ1) is 21.4. The Balaban J connectivity index is 1.35. The number of nitrogens with zero attached hydrogens (tertiary/aromatic N) is 2. The van der Waals surface area contributed by atoms with Gasteiger partial charge >= 0.3 is 0 Å². The van der Waals surface area contributed by atoms with Crippen LogP contribution in [-0.4, -0.2) is 45.1 Å². The number of carbonyl (C=O) groups is 2. The average Bonchev–Trinajstić information content (AvgIpc) is 3.13. The molecule has 2 aliphatic heterocycles. The number of ketones is 1. The predicted molar refractivity (Wildman–Crippen MR) is 125 cm³/mol. The Morgan fingerprint density at radius 3 is 2.97 bits per heavy atom. The van der Waals surface area contributed by atoms with E-state index in [1.54, 1.807) is 23.7 Å². The molecule has 33 heavy (non-hydrogen) atoms. The van der Waals surface area contributed by atoms with Gasteiger partial charge in [0.05, 0.1) is 12.0 Å². The summed E-state index contributed by atoms with van der Waals surface area (Å²) in [5.74, 6) is 0.0369. The number of Topliss-reactive ketones (excluding diaryl/α,β-unsaturated/α-hetero) is 1. The van der Waals surface area contributed by atoms with Gasteiger partial charge in [0.2, 0.25) is 0 Å². The van der Waals surface area contributed by atoms with Crippen molar-refractivity contribution >= 4 is 28.7 Å². The Kier molecular flexibility index (Phi) is 5.52. The van der Waals surface area contributed by atoms with Gasteiger partial charge in [0, 0.05) is 43.3 Å². The first-order valence-corrected chi connectivity index (χ1v) is 11.2. The molecule has 1 amide bonds. The summed E-state index contributed by atoms with van der Waals surface area (Å²) >= 11 is 0. The number of piperidine rings is 1. The summed E-state index contributed by atoms with van der Waals surface area (Å²) in [7, 11) is 2.07. The molecule has 0 radical (unpaired) electrons. The van der Waals surface area contributed by atoms with Crippen LogP contribution in [0.25, 0.3) is 17.0 Å². The third kappa shape index (κ3) is 4.17. The number of ether oxygens (including phenoxy) is 1. The SMILES string of the molecule is Cn1cc(CN2CCCC3(CC(=O)c4cc(C=CC(=O)NO)ccc4O3)C2)c2ccccc21. The Labute approximate surface area is 192 Å². The van der Waals surface area contributed by atoms with E-state index in [2.05, 4.69) is 47.0 Å². The van der Waals surface area contributed by atoms with E-state index in [1.165, 1.54) is 22.5 Å². The average molecular weight is 446 g/mol. The monoisotopic (exact) mass is 445 g/mol. The van der Waals surface area contributed by atoms with Crippen LogP contribution in [0.2, 0.25) is 0 Å². The highest BCUT2D eigenvalue weighted by Gasteiger charge is 2.43. The summed E-state index contributed by atoms with van der Waals surface area (Å²) < 4.78 is 8.65. The smallest absolute Gasteiger partial charge is 0.267 e. The zero-order valence-corrected chi connectivity index (χ0v) is 18.6. The number of aromatic nitrogens is 1. The van der Waals surface area contributed by atoms with E-state index in [1.807, 2.05) is 6.07 Å². The molecule has 0 aliphatic carbocycles. The molecule has 170 valence electrons. The first-order chi connectivity index (χ1) is 16.0. The molecule has 2 aromatic carbocycles. The van der Waals surface area contributed by atoms with Crippen molar-refractivity contribution in [2.45, 2.75) is 31.4 Å². The molecule has 0 bridgehead atoms. The van der Waals surface area contributed by atoms with Crippen LogP contribution in [0, 0.1) is 0 Å². The number of aryl methyl sites for hydroxylation is 1. The highest BCUT2D eigenvalue weighted by Crippen LogP contribution is 2.39. The maximum absolute atomic E-state index is 13.1. The van der Waals surface area contributed by atoms with Crippen molar-refractivity contribution in [3.8, 4) is 5.75 Å². The van der Waals surface area contributed by atoms with Crippen molar-refractivity contribution in [3.05, 3.63) is 71.4 Å². The van der Waals surface area contributed by atoms with E-state index < -0.39 is 11.5 Å². The summed E-state index contributed by atoms with van der Waals surface area (Å²) in [5.41, 5.74) is 4.79. The largest absolute Gasteiger partial charge is 0.485 e. The van der Waals surface area contributed by atoms with E-state index in [9.17, 15) is 9.59 Å². The lowest BCUT2D eigenvalue weighted by Gasteiger charge is -2.45. The second-order valence-corrected chi connectivity index (χ2v) is 9.05. The number of hydroxylamine groups is 1. The Hall–Kier alpha value is -3.42. The number of nitrogens with one attached hydrogen (secondary N) is 1. The van der Waals surface area contributed by atoms with Crippen molar-refractivity contribution in [1.82, 2.24) is 14.9 Å². The summed E-state index contributed by atoms with van der Waals surface area (Å²) in [5, 5.41) is 9.89. The van der Waals surface area contributed by atoms with E-state index in [0.717, 1.165) is 25.9 Å². The molecule has 3 heterocycles. The molecule has 5 rings (SSSR count). The Morgan fingerprint density at radius 2 is 2.12 bits per heavy atom. The minimum atomic E-state index is -0.622. The van der Waals surface area contributed by atoms with E-state index in [4.69, 9.17) is 9.94 Å². The predicted octanol–water partition coefficient (Wildman–Crippen LogP) is 3.70. The fourth-order valence-corrected chi connectivity index (χ4v) is 5.17. The molecule has 1 fully saturated rings. The van der Waals surface area contributed by atoms with Crippen LogP contribution >= 0.6 is 0 Å². The maximum atomic E-state index is 13.1. The van der Waals surface area contributed by atoms with Gasteiger partial charge in [0.25, 0.3) is 5.91 Å². The number of hydrogen-bond acceptors (Lipinski definition) is 5. The number of fused-ring (bicyclic) bond motifs is 2. The molecular formula is C26H27N3O4. The van der Waals surface area contributed by atoms with E-state index >= 15 is 0 Å². The Morgan fingerprint density at radius 1 is 1.27 bits per heavy atom. The molecule has 1 unspecified atom stereocenters. The number of para-hydroxylation sites is 1. The highest BCUT2D eigenvalue weighted by atomic mass is 16.5. The van der Waals surface area contributed by atoms with Crippen molar-refractivity contribution in [3.63, 3.8) is 0 Å². The minimum Gasteiger partial charge on any atom is -0.485 e. The first-order valence-electron chi connectivity index (χ1n) is 11.2. The third-order valence-corrected chi connectivity index (χ3v) is 6.64. The molecule has 1 atom stereocenters. The fraction of sp³-hybridized carbons (Fsp3) is 0.308. The van der Waals surface area contributed by atoms with Gasteiger partial charge in [0.1, 0.15) is 11.4 Å². The summed E-state index contributed by atoms with van der Waals surface area (Å²) in [6.07, 6.45) is 7.13. The molecule has 1 aromatic heterocycles. The molecule has 3 aromatic rings. The second kappa shape index (κ2) is 8.50. The third-order valence-electron chi connectivity index (χ3n) is 6.64. The molecule has 2 N–H and O–H groups in total. The van der Waals surface area contributed by atoms with Crippen LogP contribution in [0.3, 0.4) is 0 Å². The molecule has 2 aliphatic rings. The van der Waals surface area contributed by atoms with Crippen LogP contribution in [-0.2, 0) is 18.4 Å². The van der Waals surface area contributed by atoms with Gasteiger partial charge in [-0.25, -0.2) is 5.48 Å². The molecular weight excluding hydrogens is 418 g/mol. The van der Waals surface area contributed by atoms with Crippen molar-refractivity contribution in [1.29, 1.82) is 0 Å². The second-order valence-electron chi connectivity index (χ2n) is 9.05. The number of rotatable bonds is 4. The summed E-state index contributed by atoms with van der Waals surface area (Å²) in [6.45, 7) is 2.51. The van der Waals surface area contributed by atoms with Gasteiger partial charge in [-0.05, 0) is 54.8 Å². The number of likely N-dealkylation sites (tertiary alicyclic amines) is 1. The molecule has 7 nitrogen and oxygen atoms in total. The van der Waals surface area contributed by atoms with Crippen molar-refractivity contribution in [2.75, 3.05) is 13.1 Å². The van der Waals surface area contributed by atoms with Crippen LogP contribution in [0.1, 0.15) is 40.7 Å². The molecule has 7 heteroatoms. The summed E-state index contributed by atoms with van der Waals surface area (Å²) in [4.78, 5) is 26.7. The van der Waals surface area contributed by atoms with Crippen molar-refractivity contribution in [2.24, 2.45) is 7.05 Å². The summed E-state index contributed by atoms with van der Waals surface area (Å²) in [6, 6.07) is 13.8. The van der Waals surface area contributed by atoms with Crippen molar-refractivity contribution < 1.29 is 19.5 Å². The van der Waals surface area contributed by atoms with Gasteiger partial charge in [-0.3, -0.25) is 19.7 Å². The molecule has 0 saturated carbocycles. The normalized spacial score (nSPS) is 20.8. The molecule has 1 spiro atoms. The topological polar surface area (TPSA) is 83.8 Å². The van der Waals surface area contributed by atoms with Crippen LogP contribution < -0.4 is 10.2 Å². The van der Waals surface area contributed by atoms with Gasteiger partial charge in [-0.1, -0.05) is 24.3 Å². The van der Waals surface area contributed by atoms with Gasteiger partial charge in [-0.2, -0.15) is 0 Å².